The van der Waals surface area contributed by atoms with Gasteiger partial charge in [-0.1, -0.05) is 26.2 Å². The van der Waals surface area contributed by atoms with Gasteiger partial charge in [0.25, 0.3) is 0 Å². The Morgan fingerprint density at radius 3 is 2.90 bits per heavy atom. The number of hydrogen-bond acceptors (Lipinski definition) is 3. The summed E-state index contributed by atoms with van der Waals surface area (Å²) >= 11 is 1.80. The highest BCUT2D eigenvalue weighted by atomic mass is 32.1. The first-order valence-electron chi connectivity index (χ1n) is 7.61. The lowest BCUT2D eigenvalue weighted by Crippen LogP contribution is -2.15. The lowest BCUT2D eigenvalue weighted by Gasteiger charge is -2.25. The van der Waals surface area contributed by atoms with Crippen molar-refractivity contribution in [3.8, 4) is 0 Å². The molecule has 3 aromatic heterocycles. The molecular formula is C16H19N3S. The zero-order valence-electron chi connectivity index (χ0n) is 11.8. The molecule has 4 heteroatoms. The van der Waals surface area contributed by atoms with Crippen LogP contribution in [0.1, 0.15) is 50.9 Å². The number of nitrogens with zero attached hydrogens (tertiary/aromatic N) is 3. The van der Waals surface area contributed by atoms with E-state index in [2.05, 4.69) is 27.9 Å². The first kappa shape index (κ1) is 12.3. The van der Waals surface area contributed by atoms with Crippen LogP contribution in [0.4, 0.5) is 0 Å². The maximum Gasteiger partial charge on any atom is 0.109 e. The Bertz CT molecular complexity index is 750. The van der Waals surface area contributed by atoms with Gasteiger partial charge in [-0.05, 0) is 24.3 Å². The molecular weight excluding hydrogens is 266 g/mol. The molecule has 0 spiro atoms. The van der Waals surface area contributed by atoms with Crippen LogP contribution in [0.5, 0.6) is 0 Å². The van der Waals surface area contributed by atoms with Gasteiger partial charge in [-0.2, -0.15) is 0 Å². The first-order chi connectivity index (χ1) is 9.88. The van der Waals surface area contributed by atoms with Crippen molar-refractivity contribution in [2.24, 2.45) is 0 Å². The number of rotatable bonds is 2. The summed E-state index contributed by atoms with van der Waals surface area (Å²) in [5, 5.41) is 2.14. The minimum absolute atomic E-state index is 0.636. The van der Waals surface area contributed by atoms with Gasteiger partial charge in [0, 0.05) is 12.5 Å². The summed E-state index contributed by atoms with van der Waals surface area (Å²) in [7, 11) is 0. The van der Waals surface area contributed by atoms with Gasteiger partial charge in [-0.25, -0.2) is 4.98 Å². The summed E-state index contributed by atoms with van der Waals surface area (Å²) in [6.07, 6.45) is 9.64. The molecule has 1 fully saturated rings. The van der Waals surface area contributed by atoms with E-state index < -0.39 is 0 Å². The smallest absolute Gasteiger partial charge is 0.109 e. The summed E-state index contributed by atoms with van der Waals surface area (Å²) < 4.78 is 3.84. The number of fused-ring (bicyclic) bond motifs is 3. The zero-order chi connectivity index (χ0) is 13.5. The quantitative estimate of drug-likeness (QED) is 0.682. The highest BCUT2D eigenvalue weighted by Gasteiger charge is 2.22. The van der Waals surface area contributed by atoms with E-state index in [1.807, 2.05) is 6.20 Å². The third-order valence-corrected chi connectivity index (χ3v) is 5.36. The summed E-state index contributed by atoms with van der Waals surface area (Å²) in [4.78, 5) is 9.38. The minimum Gasteiger partial charge on any atom is -0.324 e. The number of thiophene rings is 1. The van der Waals surface area contributed by atoms with Crippen molar-refractivity contribution in [1.82, 2.24) is 14.5 Å². The third-order valence-electron chi connectivity index (χ3n) is 4.45. The van der Waals surface area contributed by atoms with Crippen LogP contribution in [0.15, 0.2) is 17.6 Å². The van der Waals surface area contributed by atoms with Gasteiger partial charge < -0.3 is 4.57 Å². The normalized spacial score (nSPS) is 17.2. The summed E-state index contributed by atoms with van der Waals surface area (Å²) in [6, 6.07) is 2.75. The molecule has 0 unspecified atom stereocenters. The fourth-order valence-electron chi connectivity index (χ4n) is 3.51. The molecule has 0 radical (unpaired) electrons. The largest absolute Gasteiger partial charge is 0.324 e. The predicted molar refractivity (Wildman–Crippen MR) is 84.4 cm³/mol. The van der Waals surface area contributed by atoms with Gasteiger partial charge in [0.1, 0.15) is 11.3 Å². The summed E-state index contributed by atoms with van der Waals surface area (Å²) in [5.41, 5.74) is 3.51. The van der Waals surface area contributed by atoms with Gasteiger partial charge in [0.15, 0.2) is 0 Å². The van der Waals surface area contributed by atoms with E-state index in [1.54, 1.807) is 11.3 Å². The van der Waals surface area contributed by atoms with Crippen LogP contribution in [-0.2, 0) is 6.42 Å². The van der Waals surface area contributed by atoms with Crippen LogP contribution in [0.25, 0.3) is 21.3 Å². The molecule has 0 N–H and O–H groups in total. The van der Waals surface area contributed by atoms with Crippen molar-refractivity contribution in [3.05, 3.63) is 23.5 Å². The average Bonchev–Trinajstić information content (AvgIpc) is 3.11. The van der Waals surface area contributed by atoms with E-state index >= 15 is 0 Å². The molecule has 1 aliphatic carbocycles. The summed E-state index contributed by atoms with van der Waals surface area (Å²) in [6.45, 7) is 2.21. The number of imidazole rings is 1. The van der Waals surface area contributed by atoms with Crippen LogP contribution in [0.2, 0.25) is 0 Å². The molecule has 0 bridgehead atoms. The predicted octanol–water partition coefficient (Wildman–Crippen LogP) is 4.71. The molecule has 0 aromatic carbocycles. The van der Waals surface area contributed by atoms with Gasteiger partial charge in [-0.3, -0.25) is 4.98 Å². The molecule has 3 heterocycles. The van der Waals surface area contributed by atoms with Crippen LogP contribution < -0.4 is 0 Å². The van der Waals surface area contributed by atoms with Crippen molar-refractivity contribution < 1.29 is 0 Å². The molecule has 3 aromatic rings. The second-order valence-electron chi connectivity index (χ2n) is 5.67. The molecule has 4 rings (SSSR count). The molecule has 1 saturated carbocycles. The number of aromatic nitrogens is 3. The van der Waals surface area contributed by atoms with Crippen LogP contribution in [0.3, 0.4) is 0 Å². The van der Waals surface area contributed by atoms with E-state index in [1.165, 1.54) is 48.1 Å². The fraction of sp³-hybridized carbons (Fsp3) is 0.500. The van der Waals surface area contributed by atoms with Crippen LogP contribution >= 0.6 is 11.3 Å². The van der Waals surface area contributed by atoms with Crippen molar-refractivity contribution in [2.75, 3.05) is 0 Å². The van der Waals surface area contributed by atoms with Crippen molar-refractivity contribution in [3.63, 3.8) is 0 Å². The fourth-order valence-corrected chi connectivity index (χ4v) is 4.40. The Labute approximate surface area is 122 Å². The number of pyridine rings is 1. The Kier molecular flexibility index (Phi) is 2.99. The molecule has 0 saturated heterocycles. The summed E-state index contributed by atoms with van der Waals surface area (Å²) in [5.74, 6) is 1.23. The van der Waals surface area contributed by atoms with Crippen molar-refractivity contribution >= 4 is 32.6 Å². The number of aryl methyl sites for hydroxylation is 1. The second kappa shape index (κ2) is 4.85. The lowest BCUT2D eigenvalue weighted by atomic mass is 9.95. The lowest BCUT2D eigenvalue weighted by molar-refractivity contribution is 0.353. The van der Waals surface area contributed by atoms with Crippen molar-refractivity contribution in [2.45, 2.75) is 51.5 Å². The Morgan fingerprint density at radius 1 is 1.25 bits per heavy atom. The molecule has 0 amide bonds. The van der Waals surface area contributed by atoms with E-state index in [0.29, 0.717) is 6.04 Å². The highest BCUT2D eigenvalue weighted by Crippen LogP contribution is 2.36. The first-order valence-corrected chi connectivity index (χ1v) is 8.49. The van der Waals surface area contributed by atoms with E-state index in [-0.39, 0.29) is 0 Å². The maximum atomic E-state index is 4.84. The molecule has 104 valence electrons. The monoisotopic (exact) mass is 285 g/mol. The van der Waals surface area contributed by atoms with E-state index in [9.17, 15) is 0 Å². The Morgan fingerprint density at radius 2 is 2.10 bits per heavy atom. The average molecular weight is 285 g/mol. The molecule has 0 atom stereocenters. The standard InChI is InChI=1S/C16H19N3S/c1-2-14-18-13-10-17-12-8-9-20-16(12)15(13)19(14)11-6-4-3-5-7-11/h8-11H,2-7H2,1H3. The zero-order valence-corrected chi connectivity index (χ0v) is 12.6. The Hall–Kier alpha value is -1.42. The van der Waals surface area contributed by atoms with Crippen molar-refractivity contribution in [1.29, 1.82) is 0 Å². The Balaban J connectivity index is 2.01. The van der Waals surface area contributed by atoms with Gasteiger partial charge in [-0.15, -0.1) is 11.3 Å². The molecule has 1 aliphatic rings. The topological polar surface area (TPSA) is 30.7 Å². The minimum atomic E-state index is 0.636. The third kappa shape index (κ3) is 1.78. The molecule has 3 nitrogen and oxygen atoms in total. The van der Waals surface area contributed by atoms with Gasteiger partial charge >= 0.3 is 0 Å². The van der Waals surface area contributed by atoms with Crippen LogP contribution in [0, 0.1) is 0 Å². The highest BCUT2D eigenvalue weighted by molar-refractivity contribution is 7.18. The SMILES string of the molecule is CCc1nc2cnc3ccsc3c2n1C1CCCCC1. The maximum absolute atomic E-state index is 4.84. The van der Waals surface area contributed by atoms with Gasteiger partial charge in [0.05, 0.1) is 21.9 Å². The number of hydrogen-bond donors (Lipinski definition) is 0. The second-order valence-corrected chi connectivity index (χ2v) is 6.59. The van der Waals surface area contributed by atoms with E-state index in [0.717, 1.165) is 17.5 Å². The molecule has 20 heavy (non-hydrogen) atoms. The van der Waals surface area contributed by atoms with E-state index in [4.69, 9.17) is 4.98 Å². The van der Waals surface area contributed by atoms with Crippen LogP contribution in [-0.4, -0.2) is 14.5 Å². The van der Waals surface area contributed by atoms with Gasteiger partial charge in [0.2, 0.25) is 0 Å². The molecule has 0 aliphatic heterocycles.